The number of halogens is 1. The number of nitrogen functional groups attached to an aromatic ring is 1. The highest BCUT2D eigenvalue weighted by Gasteiger charge is 2.22. The van der Waals surface area contributed by atoms with Crippen LogP contribution < -0.4 is 11.5 Å². The van der Waals surface area contributed by atoms with Crippen molar-refractivity contribution in [2.45, 2.75) is 32.4 Å². The number of imidazole rings is 1. The molecule has 2 aromatic carbocycles. The van der Waals surface area contributed by atoms with E-state index in [-0.39, 0.29) is 5.56 Å². The standard InChI is InChI=1S/C26H23N7O.C8H6FNO3/c27-24-20(5-2-10-28-24)25-30-22-9-8-21(23-14-19-15-34-12-11-32(19)31-23)29-26(22)33(25)18-7-6-16-3-1-4-17(16)13-18;9-6-2-7(12)4(3-11)1-5(6)8(10)13/h2,5-10,13-14H,1,3-4,11-12,15H2,(H2,27,28);1-3,12H,(H2,10,13). The minimum absolute atomic E-state index is 0.171. The Morgan fingerprint density at radius 1 is 1.02 bits per heavy atom. The van der Waals surface area contributed by atoms with E-state index in [1.165, 1.54) is 17.5 Å². The van der Waals surface area contributed by atoms with E-state index in [4.69, 9.17) is 36.4 Å². The molecule has 6 aromatic rings. The second-order valence-electron chi connectivity index (χ2n) is 11.2. The van der Waals surface area contributed by atoms with E-state index in [2.05, 4.69) is 33.8 Å². The van der Waals surface area contributed by atoms with Gasteiger partial charge in [0.15, 0.2) is 17.8 Å². The number of benzene rings is 2. The maximum Gasteiger partial charge on any atom is 0.251 e. The first-order valence-electron chi connectivity index (χ1n) is 15.0. The second kappa shape index (κ2) is 12.1. The van der Waals surface area contributed by atoms with Gasteiger partial charge in [-0.15, -0.1) is 0 Å². The molecule has 8 rings (SSSR count). The Balaban J connectivity index is 0.000000229. The number of aromatic hydroxyl groups is 1. The zero-order chi connectivity index (χ0) is 32.7. The number of carbonyl (C=O) groups is 2. The van der Waals surface area contributed by atoms with Crippen molar-refractivity contribution in [3.63, 3.8) is 0 Å². The molecule has 0 saturated carbocycles. The average Bonchev–Trinajstić information content (AvgIpc) is 3.81. The van der Waals surface area contributed by atoms with Crippen LogP contribution in [0.4, 0.5) is 10.2 Å². The number of primary amides is 1. The van der Waals surface area contributed by atoms with E-state index in [0.717, 1.165) is 70.8 Å². The van der Waals surface area contributed by atoms with Crippen molar-refractivity contribution in [1.82, 2.24) is 29.3 Å². The molecule has 0 atom stereocenters. The van der Waals surface area contributed by atoms with Crippen LogP contribution in [0.1, 0.15) is 44.0 Å². The lowest BCUT2D eigenvalue weighted by atomic mass is 10.1. The van der Waals surface area contributed by atoms with Crippen molar-refractivity contribution >= 4 is 29.2 Å². The van der Waals surface area contributed by atoms with Crippen LogP contribution in [0, 0.1) is 5.82 Å². The van der Waals surface area contributed by atoms with Crippen molar-refractivity contribution < 1.29 is 23.8 Å². The van der Waals surface area contributed by atoms with Gasteiger partial charge in [0.2, 0.25) is 0 Å². The van der Waals surface area contributed by atoms with Gasteiger partial charge in [-0.2, -0.15) is 5.10 Å². The van der Waals surface area contributed by atoms with Crippen LogP contribution in [0.25, 0.3) is 39.6 Å². The molecule has 4 aromatic heterocycles. The number of phenolic OH excluding ortho intramolecular Hbond substituents is 1. The summed E-state index contributed by atoms with van der Waals surface area (Å²) in [5, 5.41) is 13.7. The van der Waals surface area contributed by atoms with Crippen LogP contribution in [-0.4, -0.2) is 53.2 Å². The number of hydrogen-bond acceptors (Lipinski definition) is 9. The molecule has 1 aliphatic carbocycles. The number of rotatable bonds is 5. The Kier molecular flexibility index (Phi) is 7.66. The Bertz CT molecular complexity index is 2170. The first-order chi connectivity index (χ1) is 22.8. The van der Waals surface area contributed by atoms with Gasteiger partial charge < -0.3 is 21.3 Å². The van der Waals surface area contributed by atoms with E-state index in [1.807, 2.05) is 28.9 Å². The highest BCUT2D eigenvalue weighted by atomic mass is 19.1. The Morgan fingerprint density at radius 3 is 2.66 bits per heavy atom. The molecule has 12 nitrogen and oxygen atoms in total. The zero-order valence-electron chi connectivity index (χ0n) is 25.1. The monoisotopic (exact) mass is 632 g/mol. The summed E-state index contributed by atoms with van der Waals surface area (Å²) in [6, 6.07) is 18.1. The molecule has 13 heteroatoms. The molecule has 0 radical (unpaired) electrons. The first kappa shape index (κ1) is 29.7. The van der Waals surface area contributed by atoms with Gasteiger partial charge in [0.05, 0.1) is 47.8 Å². The Labute approximate surface area is 267 Å². The lowest BCUT2D eigenvalue weighted by Crippen LogP contribution is -2.16. The number of hydrogen-bond donors (Lipinski definition) is 3. The summed E-state index contributed by atoms with van der Waals surface area (Å²) in [5.74, 6) is -1.27. The van der Waals surface area contributed by atoms with Gasteiger partial charge in [-0.05, 0) is 78.9 Å². The molecule has 0 bridgehead atoms. The van der Waals surface area contributed by atoms with E-state index in [0.29, 0.717) is 31.4 Å². The Hall–Kier alpha value is -5.95. The molecule has 1 amide bonds. The lowest BCUT2D eigenvalue weighted by molar-refractivity contribution is 0.0801. The summed E-state index contributed by atoms with van der Waals surface area (Å²) in [6.45, 7) is 2.02. The van der Waals surface area contributed by atoms with Gasteiger partial charge >= 0.3 is 0 Å². The van der Waals surface area contributed by atoms with Crippen molar-refractivity contribution in [2.75, 3.05) is 12.3 Å². The number of fused-ring (bicyclic) bond motifs is 3. The van der Waals surface area contributed by atoms with Crippen molar-refractivity contribution in [1.29, 1.82) is 0 Å². The molecule has 5 N–H and O–H groups in total. The number of carbonyl (C=O) groups excluding carboxylic acids is 2. The number of aromatic nitrogens is 6. The minimum atomic E-state index is -0.986. The number of aldehydes is 1. The first-order valence-corrected chi connectivity index (χ1v) is 15.0. The molecule has 5 heterocycles. The predicted molar refractivity (Wildman–Crippen MR) is 171 cm³/mol. The number of pyridine rings is 2. The molecule has 236 valence electrons. The second-order valence-corrected chi connectivity index (χ2v) is 11.2. The molecule has 1 aliphatic heterocycles. The van der Waals surface area contributed by atoms with E-state index >= 15 is 0 Å². The third kappa shape index (κ3) is 5.57. The fraction of sp³-hybridized carbons (Fsp3) is 0.176. The number of aryl methyl sites for hydroxylation is 2. The van der Waals surface area contributed by atoms with Crippen LogP contribution >= 0.6 is 0 Å². The van der Waals surface area contributed by atoms with Gasteiger partial charge in [0.25, 0.3) is 5.91 Å². The highest BCUT2D eigenvalue weighted by Crippen LogP contribution is 2.33. The van der Waals surface area contributed by atoms with Crippen LogP contribution in [0.5, 0.6) is 5.75 Å². The summed E-state index contributed by atoms with van der Waals surface area (Å²) in [5.41, 5.74) is 19.4. The largest absolute Gasteiger partial charge is 0.507 e. The molecule has 0 spiro atoms. The van der Waals surface area contributed by atoms with Crippen LogP contribution in [0.2, 0.25) is 0 Å². The summed E-state index contributed by atoms with van der Waals surface area (Å²) >= 11 is 0. The topological polar surface area (TPSA) is 177 Å². The van der Waals surface area contributed by atoms with Crippen molar-refractivity contribution in [3.05, 3.63) is 101 Å². The van der Waals surface area contributed by atoms with Crippen LogP contribution in [0.15, 0.2) is 66.9 Å². The molecular weight excluding hydrogens is 603 g/mol. The average molecular weight is 633 g/mol. The quantitative estimate of drug-likeness (QED) is 0.233. The maximum absolute atomic E-state index is 12.8. The van der Waals surface area contributed by atoms with Gasteiger partial charge in [0.1, 0.15) is 28.6 Å². The molecule has 0 unspecified atom stereocenters. The normalized spacial score (nSPS) is 13.5. The number of amides is 1. The fourth-order valence-electron chi connectivity index (χ4n) is 5.91. The lowest BCUT2D eigenvalue weighted by Gasteiger charge is -2.13. The van der Waals surface area contributed by atoms with Gasteiger partial charge in [0, 0.05) is 18.0 Å². The summed E-state index contributed by atoms with van der Waals surface area (Å²) in [7, 11) is 0. The predicted octanol–water partition coefficient (Wildman–Crippen LogP) is 4.39. The number of anilines is 1. The van der Waals surface area contributed by atoms with E-state index in [9.17, 15) is 14.0 Å². The third-order valence-electron chi connectivity index (χ3n) is 8.26. The van der Waals surface area contributed by atoms with Crippen LogP contribution in [-0.2, 0) is 30.7 Å². The number of nitrogens with two attached hydrogens (primary N) is 2. The smallest absolute Gasteiger partial charge is 0.251 e. The summed E-state index contributed by atoms with van der Waals surface area (Å²) in [6.07, 6.45) is 5.44. The summed E-state index contributed by atoms with van der Waals surface area (Å²) in [4.78, 5) is 35.2. The third-order valence-corrected chi connectivity index (χ3v) is 8.26. The zero-order valence-corrected chi connectivity index (χ0v) is 25.1. The van der Waals surface area contributed by atoms with E-state index < -0.39 is 23.0 Å². The molecular formula is C34H29FN8O4. The maximum atomic E-state index is 12.8. The molecule has 0 saturated heterocycles. The highest BCUT2D eigenvalue weighted by molar-refractivity contribution is 5.95. The van der Waals surface area contributed by atoms with E-state index in [1.54, 1.807) is 6.20 Å². The van der Waals surface area contributed by atoms with Crippen molar-refractivity contribution in [2.24, 2.45) is 5.73 Å². The number of nitrogens with zero attached hydrogens (tertiary/aromatic N) is 6. The molecule has 2 aliphatic rings. The van der Waals surface area contributed by atoms with Crippen molar-refractivity contribution in [3.8, 4) is 34.2 Å². The molecule has 0 fully saturated rings. The number of phenols is 1. The number of ether oxygens (including phenoxy) is 1. The Morgan fingerprint density at radius 2 is 1.87 bits per heavy atom. The minimum Gasteiger partial charge on any atom is -0.507 e. The fourth-order valence-corrected chi connectivity index (χ4v) is 5.91. The SMILES string of the molecule is NC(=O)c1cc(C=O)c(O)cc1F.Nc1ncccc1-c1nc2ccc(-c3cc4n(n3)CCOC4)nc2n1-c1ccc2c(c1)CCC2. The van der Waals surface area contributed by atoms with Gasteiger partial charge in [-0.1, -0.05) is 6.07 Å². The van der Waals surface area contributed by atoms with Gasteiger partial charge in [-0.3, -0.25) is 18.8 Å². The molecule has 47 heavy (non-hydrogen) atoms. The van der Waals surface area contributed by atoms with Crippen LogP contribution in [0.3, 0.4) is 0 Å². The van der Waals surface area contributed by atoms with Gasteiger partial charge in [-0.25, -0.2) is 19.3 Å². The summed E-state index contributed by atoms with van der Waals surface area (Å²) < 4.78 is 22.5.